The van der Waals surface area contributed by atoms with E-state index in [2.05, 4.69) is 16.8 Å². The zero-order valence-corrected chi connectivity index (χ0v) is 12.4. The second-order valence-electron chi connectivity index (χ2n) is 7.11. The molecule has 3 atom stereocenters. The van der Waals surface area contributed by atoms with Gasteiger partial charge in [-0.15, -0.1) is 0 Å². The van der Waals surface area contributed by atoms with Crippen molar-refractivity contribution in [3.05, 3.63) is 0 Å². The number of aliphatic hydroxyl groups excluding tert-OH is 1. The molecule has 0 radical (unpaired) electrons. The highest BCUT2D eigenvalue weighted by molar-refractivity contribution is 4.90. The second kappa shape index (κ2) is 6.11. The molecule has 3 fully saturated rings. The van der Waals surface area contributed by atoms with Crippen molar-refractivity contribution in [1.82, 2.24) is 9.80 Å². The van der Waals surface area contributed by atoms with Crippen molar-refractivity contribution >= 4 is 0 Å². The van der Waals surface area contributed by atoms with E-state index >= 15 is 0 Å². The van der Waals surface area contributed by atoms with Gasteiger partial charge in [0.05, 0.1) is 6.10 Å². The lowest BCUT2D eigenvalue weighted by atomic mass is 9.84. The minimum Gasteiger partial charge on any atom is -0.392 e. The third kappa shape index (κ3) is 3.14. The summed E-state index contributed by atoms with van der Waals surface area (Å²) in [6.07, 6.45) is 9.16. The summed E-state index contributed by atoms with van der Waals surface area (Å²) in [5, 5.41) is 10.4. The van der Waals surface area contributed by atoms with E-state index in [0.29, 0.717) is 5.92 Å². The van der Waals surface area contributed by atoms with Gasteiger partial charge in [0.2, 0.25) is 0 Å². The van der Waals surface area contributed by atoms with Crippen molar-refractivity contribution in [1.29, 1.82) is 0 Å². The third-order valence-electron chi connectivity index (χ3n) is 5.82. The Labute approximate surface area is 118 Å². The number of aliphatic hydroxyl groups is 1. The number of piperidine rings is 2. The molecule has 19 heavy (non-hydrogen) atoms. The number of β-amino-alcohol motifs (C(OH)–C–C–N with tert-alkyl or cyclic N) is 1. The molecular weight excluding hydrogens is 236 g/mol. The standard InChI is InChI=1S/C16H30N2O/c1-17-9-4-7-14-11-18(10-8-15(14)17)12-16(19)13-5-2-3-6-13/h13-16,19H,2-12H2,1H3. The Kier molecular flexibility index (Phi) is 4.45. The van der Waals surface area contributed by atoms with E-state index < -0.39 is 0 Å². The van der Waals surface area contributed by atoms with Crippen LogP contribution in [0.4, 0.5) is 0 Å². The Morgan fingerprint density at radius 2 is 1.84 bits per heavy atom. The van der Waals surface area contributed by atoms with Gasteiger partial charge in [0.15, 0.2) is 0 Å². The zero-order chi connectivity index (χ0) is 13.2. The van der Waals surface area contributed by atoms with Crippen LogP contribution in [0, 0.1) is 11.8 Å². The molecule has 2 heterocycles. The molecule has 3 heteroatoms. The lowest BCUT2D eigenvalue weighted by molar-refractivity contribution is 0.00499. The summed E-state index contributed by atoms with van der Waals surface area (Å²) in [5.41, 5.74) is 0. The van der Waals surface area contributed by atoms with Crippen molar-refractivity contribution in [2.75, 3.05) is 33.2 Å². The molecule has 2 aliphatic heterocycles. The molecule has 3 rings (SSSR count). The monoisotopic (exact) mass is 266 g/mol. The fraction of sp³-hybridized carbons (Fsp3) is 1.00. The van der Waals surface area contributed by atoms with Crippen LogP contribution < -0.4 is 0 Å². The average Bonchev–Trinajstić information content (AvgIpc) is 2.93. The van der Waals surface area contributed by atoms with Crippen LogP contribution in [0.25, 0.3) is 0 Å². The lowest BCUT2D eigenvalue weighted by Gasteiger charge is -2.46. The molecule has 0 aromatic heterocycles. The van der Waals surface area contributed by atoms with Crippen LogP contribution in [0.15, 0.2) is 0 Å². The van der Waals surface area contributed by atoms with Gasteiger partial charge in [0.1, 0.15) is 0 Å². The van der Waals surface area contributed by atoms with Crippen molar-refractivity contribution in [3.8, 4) is 0 Å². The van der Waals surface area contributed by atoms with Crippen LogP contribution in [0.3, 0.4) is 0 Å². The SMILES string of the molecule is CN1CCCC2CN(CC(O)C3CCCC3)CCC21. The molecule has 3 unspecified atom stereocenters. The van der Waals surface area contributed by atoms with Crippen molar-refractivity contribution in [3.63, 3.8) is 0 Å². The largest absolute Gasteiger partial charge is 0.392 e. The first kappa shape index (κ1) is 13.8. The topological polar surface area (TPSA) is 26.7 Å². The highest BCUT2D eigenvalue weighted by Gasteiger charge is 2.35. The molecule has 2 saturated heterocycles. The molecule has 0 bridgehead atoms. The van der Waals surface area contributed by atoms with Crippen LogP contribution in [0.2, 0.25) is 0 Å². The summed E-state index contributed by atoms with van der Waals surface area (Å²) in [7, 11) is 2.29. The molecule has 3 nitrogen and oxygen atoms in total. The minimum atomic E-state index is -0.0691. The van der Waals surface area contributed by atoms with Gasteiger partial charge in [-0.3, -0.25) is 0 Å². The van der Waals surface area contributed by atoms with Crippen LogP contribution in [0.5, 0.6) is 0 Å². The molecule has 0 aromatic rings. The summed E-state index contributed by atoms with van der Waals surface area (Å²) in [5.74, 6) is 1.44. The first-order valence-corrected chi connectivity index (χ1v) is 8.34. The van der Waals surface area contributed by atoms with E-state index in [1.165, 1.54) is 64.6 Å². The molecule has 0 spiro atoms. The van der Waals surface area contributed by atoms with Gasteiger partial charge in [-0.05, 0) is 64.1 Å². The van der Waals surface area contributed by atoms with Crippen molar-refractivity contribution < 1.29 is 5.11 Å². The zero-order valence-electron chi connectivity index (χ0n) is 12.4. The minimum absolute atomic E-state index is 0.0691. The summed E-state index contributed by atoms with van der Waals surface area (Å²) in [6, 6.07) is 0.814. The highest BCUT2D eigenvalue weighted by Crippen LogP contribution is 2.31. The summed E-state index contributed by atoms with van der Waals surface area (Å²) in [6.45, 7) is 4.62. The van der Waals surface area contributed by atoms with Gasteiger partial charge < -0.3 is 14.9 Å². The Bertz CT molecular complexity index is 288. The molecular formula is C16H30N2O. The van der Waals surface area contributed by atoms with Gasteiger partial charge in [0, 0.05) is 19.1 Å². The highest BCUT2D eigenvalue weighted by atomic mass is 16.3. The van der Waals surface area contributed by atoms with Gasteiger partial charge in [0.25, 0.3) is 0 Å². The van der Waals surface area contributed by atoms with Crippen LogP contribution in [-0.4, -0.2) is 60.3 Å². The van der Waals surface area contributed by atoms with E-state index in [0.717, 1.165) is 18.5 Å². The van der Waals surface area contributed by atoms with Gasteiger partial charge in [-0.25, -0.2) is 0 Å². The van der Waals surface area contributed by atoms with Crippen molar-refractivity contribution in [2.24, 2.45) is 11.8 Å². The van der Waals surface area contributed by atoms with Gasteiger partial charge in [-0.2, -0.15) is 0 Å². The van der Waals surface area contributed by atoms with E-state index in [9.17, 15) is 5.11 Å². The maximum atomic E-state index is 10.4. The van der Waals surface area contributed by atoms with Crippen LogP contribution in [0.1, 0.15) is 44.9 Å². The molecule has 3 aliphatic rings. The molecule has 1 aliphatic carbocycles. The number of hydrogen-bond acceptors (Lipinski definition) is 3. The number of rotatable bonds is 3. The smallest absolute Gasteiger partial charge is 0.0695 e. The Hall–Kier alpha value is -0.120. The average molecular weight is 266 g/mol. The van der Waals surface area contributed by atoms with E-state index in [1.54, 1.807) is 0 Å². The number of hydrogen-bond donors (Lipinski definition) is 1. The summed E-state index contributed by atoms with van der Waals surface area (Å²) in [4.78, 5) is 5.11. The fourth-order valence-corrected chi connectivity index (χ4v) is 4.65. The quantitative estimate of drug-likeness (QED) is 0.846. The predicted octanol–water partition coefficient (Wildman–Crippen LogP) is 1.95. The molecule has 0 aromatic carbocycles. The number of likely N-dealkylation sites (tertiary alicyclic amines) is 2. The number of nitrogens with zero attached hydrogens (tertiary/aromatic N) is 2. The Balaban J connectivity index is 1.50. The lowest BCUT2D eigenvalue weighted by Crippen LogP contribution is -2.54. The van der Waals surface area contributed by atoms with Crippen molar-refractivity contribution in [2.45, 2.75) is 57.1 Å². The normalized spacial score (nSPS) is 36.3. The van der Waals surface area contributed by atoms with E-state index in [1.807, 2.05) is 0 Å². The Morgan fingerprint density at radius 3 is 2.63 bits per heavy atom. The Morgan fingerprint density at radius 1 is 1.05 bits per heavy atom. The molecule has 0 amide bonds. The third-order valence-corrected chi connectivity index (χ3v) is 5.82. The van der Waals surface area contributed by atoms with Crippen LogP contribution >= 0.6 is 0 Å². The first-order chi connectivity index (χ1) is 9.24. The summed E-state index contributed by atoms with van der Waals surface area (Å²) >= 11 is 0. The molecule has 1 saturated carbocycles. The summed E-state index contributed by atoms with van der Waals surface area (Å²) < 4.78 is 0. The fourth-order valence-electron chi connectivity index (χ4n) is 4.65. The second-order valence-corrected chi connectivity index (χ2v) is 7.11. The first-order valence-electron chi connectivity index (χ1n) is 8.34. The van der Waals surface area contributed by atoms with E-state index in [4.69, 9.17) is 0 Å². The van der Waals surface area contributed by atoms with Gasteiger partial charge in [-0.1, -0.05) is 12.8 Å². The number of fused-ring (bicyclic) bond motifs is 1. The molecule has 110 valence electrons. The molecule has 1 N–H and O–H groups in total. The predicted molar refractivity (Wildman–Crippen MR) is 78.2 cm³/mol. The van der Waals surface area contributed by atoms with E-state index in [-0.39, 0.29) is 6.10 Å². The van der Waals surface area contributed by atoms with Crippen LogP contribution in [-0.2, 0) is 0 Å². The van der Waals surface area contributed by atoms with Gasteiger partial charge >= 0.3 is 0 Å². The maximum Gasteiger partial charge on any atom is 0.0695 e. The maximum absolute atomic E-state index is 10.4.